The van der Waals surface area contributed by atoms with Crippen molar-refractivity contribution in [3.63, 3.8) is 0 Å². The van der Waals surface area contributed by atoms with Gasteiger partial charge in [-0.3, -0.25) is 4.79 Å². The number of benzene rings is 2. The van der Waals surface area contributed by atoms with Gasteiger partial charge in [0, 0.05) is 18.5 Å². The molecule has 1 amide bonds. The van der Waals surface area contributed by atoms with Crippen LogP contribution in [0.2, 0.25) is 0 Å². The van der Waals surface area contributed by atoms with E-state index >= 15 is 0 Å². The number of carbonyl (C=O) groups excluding carboxylic acids is 1. The van der Waals surface area contributed by atoms with Crippen molar-refractivity contribution in [1.29, 1.82) is 0 Å². The third-order valence-corrected chi connectivity index (χ3v) is 4.00. The zero-order valence-electron chi connectivity index (χ0n) is 14.6. The lowest BCUT2D eigenvalue weighted by atomic mass is 10.2. The standard InChI is InChI=1S/C20H19FN2O3/c1-13-18(23-20(26-13)16-5-3-4-6-17(16)21)11-12-22-19(24)14-7-9-15(25-2)10-8-14/h3-10H,11-12H2,1-2H3,(H,22,24). The molecule has 3 rings (SSSR count). The number of hydrogen-bond donors (Lipinski definition) is 1. The number of nitrogens with zero attached hydrogens (tertiary/aromatic N) is 1. The minimum Gasteiger partial charge on any atom is -0.497 e. The van der Waals surface area contributed by atoms with E-state index in [0.29, 0.717) is 41.3 Å². The van der Waals surface area contributed by atoms with Crippen LogP contribution in [-0.2, 0) is 6.42 Å². The Morgan fingerprint density at radius 3 is 2.62 bits per heavy atom. The molecular formula is C20H19FN2O3. The summed E-state index contributed by atoms with van der Waals surface area (Å²) in [5.41, 5.74) is 1.57. The number of amides is 1. The second-order valence-corrected chi connectivity index (χ2v) is 5.74. The van der Waals surface area contributed by atoms with E-state index in [1.807, 2.05) is 0 Å². The van der Waals surface area contributed by atoms with Crippen molar-refractivity contribution in [3.05, 3.63) is 71.4 Å². The predicted octanol–water partition coefficient (Wildman–Crippen LogP) is 3.77. The van der Waals surface area contributed by atoms with E-state index in [1.54, 1.807) is 56.5 Å². The summed E-state index contributed by atoms with van der Waals surface area (Å²) in [4.78, 5) is 16.5. The van der Waals surface area contributed by atoms with Gasteiger partial charge in [-0.15, -0.1) is 0 Å². The Kier molecular flexibility index (Phi) is 5.31. The first-order valence-electron chi connectivity index (χ1n) is 8.22. The predicted molar refractivity (Wildman–Crippen MR) is 95.7 cm³/mol. The van der Waals surface area contributed by atoms with Crippen molar-refractivity contribution >= 4 is 5.91 Å². The molecule has 0 unspecified atom stereocenters. The highest BCUT2D eigenvalue weighted by Crippen LogP contribution is 2.24. The van der Waals surface area contributed by atoms with Crippen LogP contribution < -0.4 is 10.1 Å². The number of hydrogen-bond acceptors (Lipinski definition) is 4. The van der Waals surface area contributed by atoms with Gasteiger partial charge in [-0.1, -0.05) is 12.1 Å². The molecule has 0 aliphatic heterocycles. The van der Waals surface area contributed by atoms with Gasteiger partial charge in [-0.25, -0.2) is 9.37 Å². The van der Waals surface area contributed by atoms with Crippen LogP contribution in [-0.4, -0.2) is 24.5 Å². The van der Waals surface area contributed by atoms with Crippen molar-refractivity contribution in [2.24, 2.45) is 0 Å². The molecule has 0 atom stereocenters. The molecule has 0 aliphatic rings. The SMILES string of the molecule is COc1ccc(C(=O)NCCc2nc(-c3ccccc3F)oc2C)cc1. The second-order valence-electron chi connectivity index (χ2n) is 5.74. The van der Waals surface area contributed by atoms with Crippen molar-refractivity contribution in [3.8, 4) is 17.2 Å². The molecule has 0 fully saturated rings. The minimum absolute atomic E-state index is 0.178. The molecule has 6 heteroatoms. The first-order valence-corrected chi connectivity index (χ1v) is 8.22. The van der Waals surface area contributed by atoms with E-state index in [4.69, 9.17) is 9.15 Å². The summed E-state index contributed by atoms with van der Waals surface area (Å²) in [6.07, 6.45) is 0.492. The molecule has 26 heavy (non-hydrogen) atoms. The van der Waals surface area contributed by atoms with Gasteiger partial charge in [-0.2, -0.15) is 0 Å². The molecule has 5 nitrogen and oxygen atoms in total. The summed E-state index contributed by atoms with van der Waals surface area (Å²) >= 11 is 0. The van der Waals surface area contributed by atoms with Crippen LogP contribution >= 0.6 is 0 Å². The monoisotopic (exact) mass is 354 g/mol. The van der Waals surface area contributed by atoms with Gasteiger partial charge in [0.2, 0.25) is 5.89 Å². The number of halogens is 1. The summed E-state index contributed by atoms with van der Waals surface area (Å²) < 4.78 is 24.5. The van der Waals surface area contributed by atoms with Crippen LogP contribution in [0, 0.1) is 12.7 Å². The van der Waals surface area contributed by atoms with Crippen LogP contribution in [0.15, 0.2) is 52.9 Å². The van der Waals surface area contributed by atoms with Gasteiger partial charge in [0.05, 0.1) is 18.4 Å². The number of aryl methyl sites for hydroxylation is 1. The van der Waals surface area contributed by atoms with E-state index in [2.05, 4.69) is 10.3 Å². The van der Waals surface area contributed by atoms with E-state index in [1.165, 1.54) is 6.07 Å². The fraction of sp³-hybridized carbons (Fsp3) is 0.200. The number of rotatable bonds is 6. The van der Waals surface area contributed by atoms with E-state index < -0.39 is 0 Å². The number of methoxy groups -OCH3 is 1. The summed E-state index contributed by atoms with van der Waals surface area (Å²) in [5.74, 6) is 0.996. The quantitative estimate of drug-likeness (QED) is 0.732. The zero-order chi connectivity index (χ0) is 18.5. The summed E-state index contributed by atoms with van der Waals surface area (Å²) in [5, 5.41) is 2.84. The van der Waals surface area contributed by atoms with Crippen LogP contribution in [0.3, 0.4) is 0 Å². The van der Waals surface area contributed by atoms with Gasteiger partial charge in [0.15, 0.2) is 0 Å². The Morgan fingerprint density at radius 1 is 1.19 bits per heavy atom. The zero-order valence-corrected chi connectivity index (χ0v) is 14.6. The van der Waals surface area contributed by atoms with Crippen molar-refractivity contribution < 1.29 is 18.3 Å². The Morgan fingerprint density at radius 2 is 1.92 bits per heavy atom. The number of oxazole rings is 1. The Labute approximate surface area is 150 Å². The molecule has 0 aliphatic carbocycles. The molecule has 0 spiro atoms. The normalized spacial score (nSPS) is 10.6. The number of carbonyl (C=O) groups is 1. The maximum absolute atomic E-state index is 13.8. The molecule has 1 aromatic heterocycles. The molecule has 0 saturated heterocycles. The summed E-state index contributed by atoms with van der Waals surface area (Å²) in [6, 6.07) is 13.2. The van der Waals surface area contributed by atoms with Crippen molar-refractivity contribution in [2.75, 3.05) is 13.7 Å². The van der Waals surface area contributed by atoms with Crippen molar-refractivity contribution in [1.82, 2.24) is 10.3 Å². The number of nitrogens with one attached hydrogen (secondary N) is 1. The van der Waals surface area contributed by atoms with E-state index in [0.717, 1.165) is 0 Å². The lowest BCUT2D eigenvalue weighted by Crippen LogP contribution is -2.25. The molecule has 2 aromatic carbocycles. The maximum Gasteiger partial charge on any atom is 0.251 e. The van der Waals surface area contributed by atoms with E-state index in [-0.39, 0.29) is 17.6 Å². The largest absolute Gasteiger partial charge is 0.497 e. The Balaban J connectivity index is 1.61. The third kappa shape index (κ3) is 3.91. The Hall–Kier alpha value is -3.15. The molecule has 1 heterocycles. The fourth-order valence-electron chi connectivity index (χ4n) is 2.55. The lowest BCUT2D eigenvalue weighted by Gasteiger charge is -2.05. The van der Waals surface area contributed by atoms with Gasteiger partial charge in [0.25, 0.3) is 5.91 Å². The molecule has 0 radical (unpaired) electrons. The summed E-state index contributed by atoms with van der Waals surface area (Å²) in [7, 11) is 1.57. The first-order chi connectivity index (χ1) is 12.6. The van der Waals surface area contributed by atoms with Crippen LogP contribution in [0.25, 0.3) is 11.5 Å². The van der Waals surface area contributed by atoms with Crippen LogP contribution in [0.1, 0.15) is 21.8 Å². The molecule has 1 N–H and O–H groups in total. The lowest BCUT2D eigenvalue weighted by molar-refractivity contribution is 0.0954. The van der Waals surface area contributed by atoms with Gasteiger partial charge in [0.1, 0.15) is 17.3 Å². The molecule has 0 bridgehead atoms. The number of aromatic nitrogens is 1. The minimum atomic E-state index is -0.381. The molecular weight excluding hydrogens is 335 g/mol. The Bertz CT molecular complexity index is 904. The van der Waals surface area contributed by atoms with Crippen molar-refractivity contribution in [2.45, 2.75) is 13.3 Å². The maximum atomic E-state index is 13.8. The number of ether oxygens (including phenoxy) is 1. The second kappa shape index (κ2) is 7.82. The average molecular weight is 354 g/mol. The third-order valence-electron chi connectivity index (χ3n) is 4.00. The van der Waals surface area contributed by atoms with Crippen LogP contribution in [0.4, 0.5) is 4.39 Å². The van der Waals surface area contributed by atoms with Gasteiger partial charge >= 0.3 is 0 Å². The van der Waals surface area contributed by atoms with Gasteiger partial charge < -0.3 is 14.5 Å². The average Bonchev–Trinajstić information content (AvgIpc) is 3.02. The summed E-state index contributed by atoms with van der Waals surface area (Å²) in [6.45, 7) is 2.17. The molecule has 0 saturated carbocycles. The van der Waals surface area contributed by atoms with Gasteiger partial charge in [-0.05, 0) is 43.3 Å². The first kappa shape index (κ1) is 17.7. The highest BCUT2D eigenvalue weighted by Gasteiger charge is 2.14. The molecule has 134 valence electrons. The smallest absolute Gasteiger partial charge is 0.251 e. The van der Waals surface area contributed by atoms with E-state index in [9.17, 15) is 9.18 Å². The highest BCUT2D eigenvalue weighted by atomic mass is 19.1. The highest BCUT2D eigenvalue weighted by molar-refractivity contribution is 5.94. The molecule has 3 aromatic rings. The topological polar surface area (TPSA) is 64.4 Å². The van der Waals surface area contributed by atoms with Crippen LogP contribution in [0.5, 0.6) is 5.75 Å². The fourth-order valence-corrected chi connectivity index (χ4v) is 2.55.